The van der Waals surface area contributed by atoms with Gasteiger partial charge in [0.1, 0.15) is 0 Å². The van der Waals surface area contributed by atoms with Crippen molar-refractivity contribution < 1.29 is 8.42 Å². The molecule has 0 fully saturated rings. The van der Waals surface area contributed by atoms with Gasteiger partial charge in [0, 0.05) is 17.5 Å². The van der Waals surface area contributed by atoms with Crippen molar-refractivity contribution in [3.8, 4) is 11.3 Å². The summed E-state index contributed by atoms with van der Waals surface area (Å²) >= 11 is 1.38. The monoisotopic (exact) mass is 297 g/mol. The zero-order chi connectivity index (χ0) is 14.0. The van der Waals surface area contributed by atoms with Gasteiger partial charge in [-0.1, -0.05) is 12.1 Å². The average molecular weight is 297 g/mol. The lowest BCUT2D eigenvalue weighted by Gasteiger charge is -2.20. The summed E-state index contributed by atoms with van der Waals surface area (Å²) in [7, 11) is -3.24. The van der Waals surface area contributed by atoms with Crippen molar-refractivity contribution >= 4 is 32.2 Å². The molecule has 0 aliphatic carbocycles. The molecule has 2 rings (SSSR count). The van der Waals surface area contributed by atoms with E-state index in [9.17, 15) is 8.42 Å². The molecule has 0 spiro atoms. The molecule has 5 nitrogen and oxygen atoms in total. The third-order valence-electron chi connectivity index (χ3n) is 2.66. The first kappa shape index (κ1) is 13.8. The Bertz CT molecular complexity index is 663. The van der Waals surface area contributed by atoms with Gasteiger partial charge < -0.3 is 5.73 Å². The maximum absolute atomic E-state index is 11.6. The molecule has 0 bridgehead atoms. The molecule has 102 valence electrons. The summed E-state index contributed by atoms with van der Waals surface area (Å²) < 4.78 is 24.6. The van der Waals surface area contributed by atoms with E-state index in [0.29, 0.717) is 17.4 Å². The molecule has 0 aliphatic heterocycles. The zero-order valence-corrected chi connectivity index (χ0v) is 12.3. The molecular formula is C12H15N3O2S2. The molecule has 0 amide bonds. The first-order chi connectivity index (χ1) is 8.91. The van der Waals surface area contributed by atoms with Crippen LogP contribution in [0.25, 0.3) is 11.3 Å². The van der Waals surface area contributed by atoms with E-state index in [4.69, 9.17) is 5.73 Å². The molecule has 1 aromatic heterocycles. The molecule has 2 N–H and O–H groups in total. The van der Waals surface area contributed by atoms with Crippen LogP contribution in [0.3, 0.4) is 0 Å². The Kier molecular flexibility index (Phi) is 3.77. The molecule has 0 aliphatic rings. The molecule has 0 atom stereocenters. The fourth-order valence-corrected chi connectivity index (χ4v) is 3.37. The summed E-state index contributed by atoms with van der Waals surface area (Å²) in [6.07, 6.45) is 1.20. The molecule has 0 saturated heterocycles. The van der Waals surface area contributed by atoms with Crippen LogP contribution in [0.1, 0.15) is 6.92 Å². The highest BCUT2D eigenvalue weighted by Crippen LogP contribution is 2.26. The van der Waals surface area contributed by atoms with E-state index >= 15 is 0 Å². The molecule has 19 heavy (non-hydrogen) atoms. The predicted molar refractivity (Wildman–Crippen MR) is 79.8 cm³/mol. The summed E-state index contributed by atoms with van der Waals surface area (Å²) in [4.78, 5) is 4.19. The molecule has 0 radical (unpaired) electrons. The van der Waals surface area contributed by atoms with Gasteiger partial charge in [-0.2, -0.15) is 0 Å². The molecule has 7 heteroatoms. The number of rotatable bonds is 4. The van der Waals surface area contributed by atoms with Gasteiger partial charge >= 0.3 is 0 Å². The molecular weight excluding hydrogens is 282 g/mol. The van der Waals surface area contributed by atoms with Crippen LogP contribution >= 0.6 is 11.3 Å². The minimum atomic E-state index is -3.24. The predicted octanol–water partition coefficient (Wildman–Crippen LogP) is 2.18. The molecule has 1 heterocycles. The van der Waals surface area contributed by atoms with Crippen LogP contribution in [0, 0.1) is 0 Å². The van der Waals surface area contributed by atoms with Crippen LogP contribution in [-0.2, 0) is 10.0 Å². The normalized spacial score (nSPS) is 11.5. The maximum Gasteiger partial charge on any atom is 0.232 e. The molecule has 1 aromatic carbocycles. The Morgan fingerprint density at radius 2 is 1.95 bits per heavy atom. The van der Waals surface area contributed by atoms with E-state index in [1.54, 1.807) is 19.1 Å². The number of nitrogens with zero attached hydrogens (tertiary/aromatic N) is 2. The van der Waals surface area contributed by atoms with Crippen molar-refractivity contribution in [2.45, 2.75) is 6.92 Å². The summed E-state index contributed by atoms with van der Waals surface area (Å²) in [5.74, 6) is 0. The van der Waals surface area contributed by atoms with Gasteiger partial charge in [0.25, 0.3) is 0 Å². The van der Waals surface area contributed by atoms with Gasteiger partial charge in [-0.05, 0) is 19.1 Å². The molecule has 0 unspecified atom stereocenters. The third-order valence-corrected chi connectivity index (χ3v) is 4.60. The second-order valence-electron chi connectivity index (χ2n) is 4.05. The largest absolute Gasteiger partial charge is 0.375 e. The Morgan fingerprint density at radius 1 is 1.32 bits per heavy atom. The van der Waals surface area contributed by atoms with Crippen LogP contribution in [0.5, 0.6) is 0 Å². The summed E-state index contributed by atoms with van der Waals surface area (Å²) in [5.41, 5.74) is 7.96. The maximum atomic E-state index is 11.6. The van der Waals surface area contributed by atoms with Crippen LogP contribution in [0.4, 0.5) is 10.8 Å². The number of aromatic nitrogens is 1. The van der Waals surface area contributed by atoms with Gasteiger partial charge in [-0.25, -0.2) is 13.4 Å². The Hall–Kier alpha value is -1.60. The van der Waals surface area contributed by atoms with Crippen molar-refractivity contribution in [2.75, 3.05) is 22.8 Å². The Balaban J connectivity index is 2.33. The van der Waals surface area contributed by atoms with Crippen LogP contribution in [0.2, 0.25) is 0 Å². The fraction of sp³-hybridized carbons (Fsp3) is 0.250. The van der Waals surface area contributed by atoms with Crippen molar-refractivity contribution in [3.05, 3.63) is 29.6 Å². The van der Waals surface area contributed by atoms with Gasteiger partial charge in [0.05, 0.1) is 17.6 Å². The lowest BCUT2D eigenvalue weighted by Crippen LogP contribution is -2.29. The Labute approximate surface area is 116 Å². The topological polar surface area (TPSA) is 76.3 Å². The number of anilines is 2. The van der Waals surface area contributed by atoms with Gasteiger partial charge in [-0.3, -0.25) is 4.31 Å². The summed E-state index contributed by atoms with van der Waals surface area (Å²) in [5, 5.41) is 2.39. The van der Waals surface area contributed by atoms with Crippen molar-refractivity contribution in [2.24, 2.45) is 0 Å². The standard InChI is InChI=1S/C12H15N3O2S2/c1-3-15(19(2,16)17)10-6-4-9(5-7-10)11-8-18-12(13)14-11/h4-8H,3H2,1-2H3,(H2,13,14). The Morgan fingerprint density at radius 3 is 2.37 bits per heavy atom. The highest BCUT2D eigenvalue weighted by atomic mass is 32.2. The second kappa shape index (κ2) is 5.18. The van der Waals surface area contributed by atoms with E-state index in [0.717, 1.165) is 11.3 Å². The summed E-state index contributed by atoms with van der Waals surface area (Å²) in [6.45, 7) is 2.21. The lowest BCUT2D eigenvalue weighted by molar-refractivity contribution is 0.598. The number of hydrogen-bond acceptors (Lipinski definition) is 5. The smallest absolute Gasteiger partial charge is 0.232 e. The highest BCUT2D eigenvalue weighted by Gasteiger charge is 2.15. The van der Waals surface area contributed by atoms with Crippen molar-refractivity contribution in [3.63, 3.8) is 0 Å². The van der Waals surface area contributed by atoms with E-state index in [-0.39, 0.29) is 0 Å². The fourth-order valence-electron chi connectivity index (χ4n) is 1.83. The van der Waals surface area contributed by atoms with E-state index in [1.807, 2.05) is 17.5 Å². The number of nitrogen functional groups attached to an aromatic ring is 1. The van der Waals surface area contributed by atoms with E-state index < -0.39 is 10.0 Å². The lowest BCUT2D eigenvalue weighted by atomic mass is 10.1. The van der Waals surface area contributed by atoms with Crippen LogP contribution in [-0.4, -0.2) is 26.2 Å². The number of hydrogen-bond donors (Lipinski definition) is 1. The van der Waals surface area contributed by atoms with Gasteiger partial charge in [-0.15, -0.1) is 11.3 Å². The second-order valence-corrected chi connectivity index (χ2v) is 6.84. The van der Waals surface area contributed by atoms with Crippen LogP contribution in [0.15, 0.2) is 29.6 Å². The zero-order valence-electron chi connectivity index (χ0n) is 10.7. The van der Waals surface area contributed by atoms with Crippen LogP contribution < -0.4 is 10.0 Å². The van der Waals surface area contributed by atoms with Gasteiger partial charge in [0.15, 0.2) is 5.13 Å². The number of thiazole rings is 1. The van der Waals surface area contributed by atoms with E-state index in [2.05, 4.69) is 4.98 Å². The average Bonchev–Trinajstić information content (AvgIpc) is 2.76. The molecule has 0 saturated carbocycles. The van der Waals surface area contributed by atoms with E-state index in [1.165, 1.54) is 21.9 Å². The minimum Gasteiger partial charge on any atom is -0.375 e. The van der Waals surface area contributed by atoms with Crippen molar-refractivity contribution in [1.29, 1.82) is 0 Å². The highest BCUT2D eigenvalue weighted by molar-refractivity contribution is 7.92. The summed E-state index contributed by atoms with van der Waals surface area (Å²) in [6, 6.07) is 7.24. The number of benzene rings is 1. The molecule has 2 aromatic rings. The third kappa shape index (κ3) is 3.05. The van der Waals surface area contributed by atoms with Crippen molar-refractivity contribution in [1.82, 2.24) is 4.98 Å². The van der Waals surface area contributed by atoms with Gasteiger partial charge in [0.2, 0.25) is 10.0 Å². The number of sulfonamides is 1. The first-order valence-corrected chi connectivity index (χ1v) is 8.43. The SMILES string of the molecule is CCN(c1ccc(-c2csc(N)n2)cc1)S(C)(=O)=O. The quantitative estimate of drug-likeness (QED) is 0.938. The number of nitrogens with two attached hydrogens (primary N) is 1. The minimum absolute atomic E-state index is 0.405. The first-order valence-electron chi connectivity index (χ1n) is 5.71.